The maximum atomic E-state index is 12.0. The molecule has 0 aliphatic heterocycles. The average molecular weight is 395 g/mol. The molecule has 6 nitrogen and oxygen atoms in total. The number of carbonyl (C=O) groups excluding carboxylic acids is 1. The smallest absolute Gasteiger partial charge is 0.230 e. The topological polar surface area (TPSA) is 69.0 Å². The molecule has 1 N–H and O–H groups in total. The van der Waals surface area contributed by atoms with Gasteiger partial charge in [0, 0.05) is 30.5 Å². The number of hydrogen-bond acceptors (Lipinski definition) is 6. The van der Waals surface area contributed by atoms with Crippen molar-refractivity contribution in [3.63, 3.8) is 0 Å². The number of thiophene rings is 1. The average Bonchev–Trinajstić information content (AvgIpc) is 3.16. The highest BCUT2D eigenvalue weighted by molar-refractivity contribution is 7.99. The number of ether oxygens (including phenoxy) is 1. The highest BCUT2D eigenvalue weighted by Gasteiger charge is 2.29. The first-order valence-electron chi connectivity index (χ1n) is 9.10. The quantitative estimate of drug-likeness (QED) is 0.468. The minimum Gasteiger partial charge on any atom is -0.379 e. The second-order valence-electron chi connectivity index (χ2n) is 6.67. The molecule has 8 heteroatoms. The molecule has 142 valence electrons. The largest absolute Gasteiger partial charge is 0.379 e. The first-order valence-corrected chi connectivity index (χ1v) is 11.0. The molecule has 0 radical (unpaired) electrons. The number of hydrogen-bond donors (Lipinski definition) is 1. The van der Waals surface area contributed by atoms with Crippen molar-refractivity contribution >= 4 is 29.0 Å². The molecule has 1 saturated carbocycles. The van der Waals surface area contributed by atoms with Gasteiger partial charge in [-0.25, -0.2) is 0 Å². The van der Waals surface area contributed by atoms with Gasteiger partial charge < -0.3 is 14.6 Å². The normalized spacial score (nSPS) is 14.1. The van der Waals surface area contributed by atoms with Crippen LogP contribution in [-0.2, 0) is 16.0 Å². The van der Waals surface area contributed by atoms with Gasteiger partial charge in [0.05, 0.1) is 11.9 Å². The van der Waals surface area contributed by atoms with Gasteiger partial charge in [-0.05, 0) is 44.6 Å². The van der Waals surface area contributed by atoms with Crippen LogP contribution in [0.4, 0.5) is 0 Å². The molecule has 0 unspecified atom stereocenters. The van der Waals surface area contributed by atoms with Crippen LogP contribution in [0.15, 0.2) is 22.7 Å². The van der Waals surface area contributed by atoms with Crippen LogP contribution in [0.1, 0.15) is 49.9 Å². The SMILES string of the molecule is CC(C)OCCCNC(=O)CSc1nnc(Cc2cccs2)n1C1CC1. The van der Waals surface area contributed by atoms with Crippen LogP contribution in [-0.4, -0.2) is 45.7 Å². The van der Waals surface area contributed by atoms with Gasteiger partial charge in [-0.2, -0.15) is 0 Å². The first kappa shape index (κ1) is 19.4. The summed E-state index contributed by atoms with van der Waals surface area (Å²) in [4.78, 5) is 13.3. The molecule has 2 heterocycles. The van der Waals surface area contributed by atoms with Crippen molar-refractivity contribution < 1.29 is 9.53 Å². The zero-order chi connectivity index (χ0) is 18.4. The van der Waals surface area contributed by atoms with E-state index in [1.54, 1.807) is 11.3 Å². The molecule has 1 amide bonds. The number of thioether (sulfide) groups is 1. The lowest BCUT2D eigenvalue weighted by atomic mass is 10.3. The van der Waals surface area contributed by atoms with Gasteiger partial charge in [-0.3, -0.25) is 4.79 Å². The van der Waals surface area contributed by atoms with Crippen LogP contribution in [0.3, 0.4) is 0 Å². The fraction of sp³-hybridized carbons (Fsp3) is 0.611. The van der Waals surface area contributed by atoms with Crippen molar-refractivity contribution in [2.45, 2.75) is 56.8 Å². The predicted molar refractivity (Wildman–Crippen MR) is 105 cm³/mol. The molecule has 0 saturated heterocycles. The summed E-state index contributed by atoms with van der Waals surface area (Å²) in [5.41, 5.74) is 0. The van der Waals surface area contributed by atoms with Crippen LogP contribution in [0.2, 0.25) is 0 Å². The number of nitrogens with one attached hydrogen (secondary N) is 1. The Hall–Kier alpha value is -1.38. The molecule has 0 atom stereocenters. The molecule has 26 heavy (non-hydrogen) atoms. The van der Waals surface area contributed by atoms with Crippen molar-refractivity contribution in [2.24, 2.45) is 0 Å². The standard InChI is InChI=1S/C18H26N4O2S2/c1-13(2)24-9-4-8-19-17(23)12-26-18-21-20-16(22(18)14-6-7-14)11-15-5-3-10-25-15/h3,5,10,13-14H,4,6-9,11-12H2,1-2H3,(H,19,23). The Morgan fingerprint density at radius 3 is 3.00 bits per heavy atom. The lowest BCUT2D eigenvalue weighted by Gasteiger charge is -2.09. The first-order chi connectivity index (χ1) is 12.6. The third kappa shape index (κ3) is 5.82. The van der Waals surface area contributed by atoms with E-state index in [0.717, 1.165) is 23.8 Å². The Morgan fingerprint density at radius 2 is 2.31 bits per heavy atom. The summed E-state index contributed by atoms with van der Waals surface area (Å²) in [7, 11) is 0. The van der Waals surface area contributed by atoms with E-state index in [1.165, 1.54) is 29.5 Å². The summed E-state index contributed by atoms with van der Waals surface area (Å²) in [6.45, 7) is 5.34. The summed E-state index contributed by atoms with van der Waals surface area (Å²) in [6, 6.07) is 4.68. The molecule has 2 aromatic rings. The maximum Gasteiger partial charge on any atom is 0.230 e. The van der Waals surface area contributed by atoms with Crippen LogP contribution < -0.4 is 5.32 Å². The predicted octanol–water partition coefficient (Wildman–Crippen LogP) is 3.29. The third-order valence-electron chi connectivity index (χ3n) is 3.99. The molecule has 1 aliphatic carbocycles. The monoisotopic (exact) mass is 394 g/mol. The van der Waals surface area contributed by atoms with Crippen molar-refractivity contribution in [3.8, 4) is 0 Å². The van der Waals surface area contributed by atoms with Crippen molar-refractivity contribution in [3.05, 3.63) is 28.2 Å². The zero-order valence-corrected chi connectivity index (χ0v) is 16.9. The molecule has 1 fully saturated rings. The van der Waals surface area contributed by atoms with Gasteiger partial charge in [-0.15, -0.1) is 21.5 Å². The highest BCUT2D eigenvalue weighted by Crippen LogP contribution is 2.39. The van der Waals surface area contributed by atoms with E-state index in [-0.39, 0.29) is 12.0 Å². The van der Waals surface area contributed by atoms with E-state index < -0.39 is 0 Å². The number of nitrogens with zero attached hydrogens (tertiary/aromatic N) is 3. The molecular formula is C18H26N4O2S2. The van der Waals surface area contributed by atoms with Gasteiger partial charge in [0.15, 0.2) is 5.16 Å². The highest BCUT2D eigenvalue weighted by atomic mass is 32.2. The van der Waals surface area contributed by atoms with Crippen LogP contribution in [0.25, 0.3) is 0 Å². The molecule has 0 aromatic carbocycles. The Labute approximate surface area is 162 Å². The Kier molecular flexibility index (Phi) is 7.10. The second kappa shape index (κ2) is 9.53. The Balaban J connectivity index is 1.47. The Morgan fingerprint density at radius 1 is 1.46 bits per heavy atom. The molecular weight excluding hydrogens is 368 g/mol. The van der Waals surface area contributed by atoms with E-state index in [9.17, 15) is 4.79 Å². The van der Waals surface area contributed by atoms with Crippen molar-refractivity contribution in [2.75, 3.05) is 18.9 Å². The van der Waals surface area contributed by atoms with E-state index in [2.05, 4.69) is 37.6 Å². The fourth-order valence-corrected chi connectivity index (χ4v) is 4.15. The van der Waals surface area contributed by atoms with Crippen molar-refractivity contribution in [1.82, 2.24) is 20.1 Å². The van der Waals surface area contributed by atoms with Crippen LogP contribution in [0, 0.1) is 0 Å². The number of carbonyl (C=O) groups is 1. The summed E-state index contributed by atoms with van der Waals surface area (Å²) < 4.78 is 7.70. The second-order valence-corrected chi connectivity index (χ2v) is 8.64. The van der Waals surface area contributed by atoms with Gasteiger partial charge >= 0.3 is 0 Å². The lowest BCUT2D eigenvalue weighted by molar-refractivity contribution is -0.118. The number of rotatable bonds is 11. The summed E-state index contributed by atoms with van der Waals surface area (Å²) in [5.74, 6) is 1.41. The molecule has 0 bridgehead atoms. The van der Waals surface area contributed by atoms with Gasteiger partial charge in [0.2, 0.25) is 5.91 Å². The fourth-order valence-electron chi connectivity index (χ4n) is 2.60. The van der Waals surface area contributed by atoms with E-state index >= 15 is 0 Å². The summed E-state index contributed by atoms with van der Waals surface area (Å²) in [6.07, 6.45) is 4.22. The summed E-state index contributed by atoms with van der Waals surface area (Å²) >= 11 is 3.21. The Bertz CT molecular complexity index is 696. The van der Waals surface area contributed by atoms with Gasteiger partial charge in [0.1, 0.15) is 5.82 Å². The minimum atomic E-state index is 0.0321. The molecule has 3 rings (SSSR count). The molecule has 1 aliphatic rings. The summed E-state index contributed by atoms with van der Waals surface area (Å²) in [5, 5.41) is 14.6. The van der Waals surface area contributed by atoms with Gasteiger partial charge in [0.25, 0.3) is 0 Å². The van der Waals surface area contributed by atoms with E-state index in [4.69, 9.17) is 4.74 Å². The van der Waals surface area contributed by atoms with E-state index in [0.29, 0.717) is 24.9 Å². The van der Waals surface area contributed by atoms with Crippen LogP contribution in [0.5, 0.6) is 0 Å². The lowest BCUT2D eigenvalue weighted by Crippen LogP contribution is -2.27. The van der Waals surface area contributed by atoms with Gasteiger partial charge in [-0.1, -0.05) is 17.8 Å². The van der Waals surface area contributed by atoms with Crippen LogP contribution >= 0.6 is 23.1 Å². The zero-order valence-electron chi connectivity index (χ0n) is 15.3. The minimum absolute atomic E-state index is 0.0321. The number of aromatic nitrogens is 3. The maximum absolute atomic E-state index is 12.0. The molecule has 0 spiro atoms. The third-order valence-corrected chi connectivity index (χ3v) is 5.81. The van der Waals surface area contributed by atoms with E-state index in [1.807, 2.05) is 13.8 Å². The van der Waals surface area contributed by atoms with Crippen molar-refractivity contribution in [1.29, 1.82) is 0 Å². The molecule has 2 aromatic heterocycles. The number of amides is 1.